The van der Waals surface area contributed by atoms with Crippen LogP contribution in [-0.4, -0.2) is 51.5 Å². The van der Waals surface area contributed by atoms with E-state index in [4.69, 9.17) is 10.5 Å². The molecule has 4 rings (SSSR count). The molecular formula is C25H33N5O3S. The van der Waals surface area contributed by atoms with Crippen LogP contribution in [-0.2, 0) is 32.7 Å². The number of rotatable bonds is 9. The van der Waals surface area contributed by atoms with Gasteiger partial charge < -0.3 is 19.9 Å². The number of thioether (sulfide) groups is 1. The number of benzene rings is 1. The van der Waals surface area contributed by atoms with Gasteiger partial charge in [-0.05, 0) is 31.4 Å². The van der Waals surface area contributed by atoms with Gasteiger partial charge in [0.2, 0.25) is 5.91 Å². The third kappa shape index (κ3) is 4.90. The van der Waals surface area contributed by atoms with Gasteiger partial charge in [0.15, 0.2) is 10.9 Å². The fourth-order valence-corrected chi connectivity index (χ4v) is 5.62. The first kappa shape index (κ1) is 24.5. The van der Waals surface area contributed by atoms with Crippen molar-refractivity contribution in [3.8, 4) is 0 Å². The molecule has 1 amide bonds. The van der Waals surface area contributed by atoms with Crippen molar-refractivity contribution in [2.24, 2.45) is 5.73 Å². The van der Waals surface area contributed by atoms with Crippen LogP contribution in [0.1, 0.15) is 51.4 Å². The lowest BCUT2D eigenvalue weighted by Gasteiger charge is -2.24. The maximum atomic E-state index is 13.3. The molecule has 2 aliphatic rings. The molecule has 2 aromatic rings. The van der Waals surface area contributed by atoms with Crippen molar-refractivity contribution in [2.75, 3.05) is 18.6 Å². The highest BCUT2D eigenvalue weighted by Crippen LogP contribution is 2.46. The standard InChI is InChI=1S/C25H33N5O3S/c1-16(20(31)14-21-25(2,3)18-9-5-6-10-19(18)29(21)4)34-24-28-27-23(12-11-22(26)32)30(24)15-17-8-7-13-33-17/h5-6,9-10,14,16-17H,7-8,11-13,15H2,1-4H3,(H2,26,32)/b21-14+. The van der Waals surface area contributed by atoms with Crippen LogP contribution in [0.2, 0.25) is 0 Å². The number of anilines is 1. The monoisotopic (exact) mass is 483 g/mol. The summed E-state index contributed by atoms with van der Waals surface area (Å²) in [5.41, 5.74) is 8.41. The van der Waals surface area contributed by atoms with E-state index in [0.29, 0.717) is 23.9 Å². The number of para-hydroxylation sites is 1. The lowest BCUT2D eigenvalue weighted by molar-refractivity contribution is -0.118. The van der Waals surface area contributed by atoms with Gasteiger partial charge in [0.25, 0.3) is 0 Å². The van der Waals surface area contributed by atoms with Gasteiger partial charge in [0.05, 0.1) is 17.9 Å². The number of primary amides is 1. The van der Waals surface area contributed by atoms with E-state index in [1.54, 1.807) is 6.08 Å². The zero-order valence-corrected chi connectivity index (χ0v) is 21.1. The van der Waals surface area contributed by atoms with E-state index < -0.39 is 0 Å². The van der Waals surface area contributed by atoms with E-state index in [-0.39, 0.29) is 34.9 Å². The van der Waals surface area contributed by atoms with Crippen molar-refractivity contribution < 1.29 is 14.3 Å². The summed E-state index contributed by atoms with van der Waals surface area (Å²) in [6.07, 6.45) is 4.48. The Hall–Kier alpha value is -2.65. The lowest BCUT2D eigenvalue weighted by atomic mass is 9.83. The molecule has 1 saturated heterocycles. The van der Waals surface area contributed by atoms with Gasteiger partial charge >= 0.3 is 0 Å². The number of likely N-dealkylation sites (N-methyl/N-ethyl adjacent to an activating group) is 1. The number of nitrogens with zero attached hydrogens (tertiary/aromatic N) is 4. The van der Waals surface area contributed by atoms with Crippen molar-refractivity contribution in [3.05, 3.63) is 47.4 Å². The summed E-state index contributed by atoms with van der Waals surface area (Å²) in [5.74, 6) is 0.348. The second-order valence-corrected chi connectivity index (χ2v) is 10.8. The van der Waals surface area contributed by atoms with Crippen molar-refractivity contribution in [1.29, 1.82) is 0 Å². The van der Waals surface area contributed by atoms with Gasteiger partial charge in [-0.1, -0.05) is 43.8 Å². The summed E-state index contributed by atoms with van der Waals surface area (Å²) >= 11 is 1.39. The molecule has 1 fully saturated rings. The molecule has 1 aromatic heterocycles. The lowest BCUT2D eigenvalue weighted by Crippen LogP contribution is -2.25. The molecule has 0 saturated carbocycles. The normalized spacial score (nSPS) is 21.1. The number of ether oxygens (including phenoxy) is 1. The minimum Gasteiger partial charge on any atom is -0.376 e. The molecule has 2 N–H and O–H groups in total. The van der Waals surface area contributed by atoms with Crippen LogP contribution in [0.5, 0.6) is 0 Å². The quantitative estimate of drug-likeness (QED) is 0.431. The summed E-state index contributed by atoms with van der Waals surface area (Å²) in [7, 11) is 2.01. The van der Waals surface area contributed by atoms with E-state index in [1.165, 1.54) is 17.3 Å². The van der Waals surface area contributed by atoms with Crippen LogP contribution in [0.25, 0.3) is 0 Å². The Kier molecular flexibility index (Phi) is 7.14. The van der Waals surface area contributed by atoms with Crippen LogP contribution in [0.15, 0.2) is 41.2 Å². The number of fused-ring (bicyclic) bond motifs is 1. The van der Waals surface area contributed by atoms with E-state index in [2.05, 4.69) is 41.1 Å². The van der Waals surface area contributed by atoms with Crippen LogP contribution in [0, 0.1) is 0 Å². The predicted octanol–water partition coefficient (Wildman–Crippen LogP) is 3.24. The largest absolute Gasteiger partial charge is 0.376 e. The minimum atomic E-state index is -0.375. The first-order valence-electron chi connectivity index (χ1n) is 11.8. The van der Waals surface area contributed by atoms with Crippen LogP contribution < -0.4 is 10.6 Å². The number of allylic oxidation sites excluding steroid dienone is 2. The average Bonchev–Trinajstić information content (AvgIpc) is 3.49. The molecule has 1 aromatic carbocycles. The maximum Gasteiger partial charge on any atom is 0.217 e. The Morgan fingerprint density at radius 3 is 2.76 bits per heavy atom. The van der Waals surface area contributed by atoms with Crippen LogP contribution in [0.3, 0.4) is 0 Å². The molecule has 0 bridgehead atoms. The first-order chi connectivity index (χ1) is 16.2. The van der Waals surface area contributed by atoms with Crippen molar-refractivity contribution in [2.45, 2.75) is 74.9 Å². The predicted molar refractivity (Wildman–Crippen MR) is 133 cm³/mol. The fraction of sp³-hybridized carbons (Fsp3) is 0.520. The number of nitrogens with two attached hydrogens (primary N) is 1. The topological polar surface area (TPSA) is 103 Å². The van der Waals surface area contributed by atoms with Crippen molar-refractivity contribution >= 4 is 29.1 Å². The van der Waals surface area contributed by atoms with E-state index >= 15 is 0 Å². The molecule has 3 heterocycles. The minimum absolute atomic E-state index is 0.0260. The van der Waals surface area contributed by atoms with Gasteiger partial charge in [-0.3, -0.25) is 9.59 Å². The zero-order valence-electron chi connectivity index (χ0n) is 20.3. The Bertz CT molecular complexity index is 1100. The van der Waals surface area contributed by atoms with Gasteiger partial charge in [-0.15, -0.1) is 10.2 Å². The molecule has 182 valence electrons. The Morgan fingerprint density at radius 1 is 1.32 bits per heavy atom. The summed E-state index contributed by atoms with van der Waals surface area (Å²) in [6.45, 7) is 7.55. The molecule has 0 spiro atoms. The third-order valence-corrected chi connectivity index (χ3v) is 7.80. The van der Waals surface area contributed by atoms with Gasteiger partial charge in [-0.2, -0.15) is 0 Å². The van der Waals surface area contributed by atoms with Gasteiger partial charge in [-0.25, -0.2) is 0 Å². The van der Waals surface area contributed by atoms with Crippen LogP contribution in [0.4, 0.5) is 5.69 Å². The number of carbonyl (C=O) groups is 2. The van der Waals surface area contributed by atoms with Gasteiger partial charge in [0.1, 0.15) is 5.82 Å². The van der Waals surface area contributed by atoms with E-state index in [9.17, 15) is 9.59 Å². The number of hydrogen-bond acceptors (Lipinski definition) is 7. The Labute approximate surface area is 204 Å². The number of amides is 1. The summed E-state index contributed by atoms with van der Waals surface area (Å²) in [5, 5.41) is 8.97. The molecule has 34 heavy (non-hydrogen) atoms. The summed E-state index contributed by atoms with van der Waals surface area (Å²) < 4.78 is 7.80. The van der Waals surface area contributed by atoms with Crippen LogP contribution >= 0.6 is 11.8 Å². The third-order valence-electron chi connectivity index (χ3n) is 6.70. The molecule has 0 aliphatic carbocycles. The SMILES string of the molecule is CC(Sc1nnc(CCC(N)=O)n1CC1CCCO1)C(=O)/C=C1/N(C)c2ccccc2C1(C)C. The van der Waals surface area contributed by atoms with Crippen molar-refractivity contribution in [3.63, 3.8) is 0 Å². The van der Waals surface area contributed by atoms with Crippen molar-refractivity contribution in [1.82, 2.24) is 14.8 Å². The summed E-state index contributed by atoms with van der Waals surface area (Å²) in [4.78, 5) is 26.7. The highest BCUT2D eigenvalue weighted by Gasteiger charge is 2.39. The Balaban J connectivity index is 1.53. The average molecular weight is 484 g/mol. The van der Waals surface area contributed by atoms with E-state index in [0.717, 1.165) is 30.8 Å². The number of aromatic nitrogens is 3. The number of hydrogen-bond donors (Lipinski definition) is 1. The smallest absolute Gasteiger partial charge is 0.217 e. The zero-order chi connectivity index (χ0) is 24.5. The number of carbonyl (C=O) groups excluding carboxylic acids is 2. The molecule has 2 atom stereocenters. The second-order valence-electron chi connectivity index (χ2n) is 9.50. The molecule has 8 nitrogen and oxygen atoms in total. The molecule has 2 aliphatic heterocycles. The highest BCUT2D eigenvalue weighted by molar-refractivity contribution is 8.00. The first-order valence-corrected chi connectivity index (χ1v) is 12.6. The maximum absolute atomic E-state index is 13.3. The van der Waals surface area contributed by atoms with E-state index in [1.807, 2.05) is 30.7 Å². The Morgan fingerprint density at radius 2 is 2.09 bits per heavy atom. The fourth-order valence-electron chi connectivity index (χ4n) is 4.73. The molecule has 2 unspecified atom stereocenters. The molecular weight excluding hydrogens is 450 g/mol. The summed E-state index contributed by atoms with van der Waals surface area (Å²) in [6, 6.07) is 8.26. The number of aryl methyl sites for hydroxylation is 1. The highest BCUT2D eigenvalue weighted by atomic mass is 32.2. The molecule has 0 radical (unpaired) electrons. The second kappa shape index (κ2) is 9.92. The number of ketones is 1. The molecule has 9 heteroatoms. The van der Waals surface area contributed by atoms with Gasteiger partial charge in [0, 0.05) is 49.4 Å².